The average molecular weight is 434 g/mol. The van der Waals surface area contributed by atoms with Gasteiger partial charge in [-0.25, -0.2) is 9.19 Å². The van der Waals surface area contributed by atoms with Crippen LogP contribution in [-0.4, -0.2) is 41.9 Å². The van der Waals surface area contributed by atoms with Crippen LogP contribution in [0.4, 0.5) is 0 Å². The number of hydrogen-bond donors (Lipinski definition) is 0. The number of nitrogens with zero attached hydrogens (tertiary/aromatic N) is 4. The van der Waals surface area contributed by atoms with Crippen LogP contribution in [0.5, 0.6) is 0 Å². The maximum atomic E-state index is 12.9. The molecule has 1 atom stereocenters. The van der Waals surface area contributed by atoms with Gasteiger partial charge in [-0.15, -0.1) is 10.2 Å². The van der Waals surface area contributed by atoms with Crippen molar-refractivity contribution in [1.82, 2.24) is 19.7 Å². The van der Waals surface area contributed by atoms with Gasteiger partial charge < -0.3 is 9.30 Å². The highest BCUT2D eigenvalue weighted by Crippen LogP contribution is 2.30. The number of hydrogen-bond acceptors (Lipinski definition) is 4. The molecule has 0 bridgehead atoms. The Labute approximate surface area is 178 Å². The van der Waals surface area contributed by atoms with Crippen LogP contribution in [0, 0.1) is 5.92 Å². The fourth-order valence-electron chi connectivity index (χ4n) is 3.75. The molecule has 0 radical (unpaired) electrons. The largest absolute Gasteiger partial charge is 0.434 e. The highest BCUT2D eigenvalue weighted by molar-refractivity contribution is 7.85. The summed E-state index contributed by atoms with van der Waals surface area (Å²) >= 11 is 5.79. The predicted octanol–water partition coefficient (Wildman–Crippen LogP) is 3.88. The molecule has 8 heteroatoms. The Morgan fingerprint density at radius 3 is 2.59 bits per heavy atom. The first-order valence-corrected chi connectivity index (χ1v) is 11.4. The third kappa shape index (κ3) is 4.37. The number of aliphatic hydroxyl groups is 2. The summed E-state index contributed by atoms with van der Waals surface area (Å²) in [5.41, 5.74) is 1.86. The third-order valence-corrected chi connectivity index (χ3v) is 6.72. The van der Waals surface area contributed by atoms with Crippen LogP contribution >= 0.6 is 11.6 Å². The van der Waals surface area contributed by atoms with E-state index in [4.69, 9.17) is 16.6 Å². The zero-order valence-electron chi connectivity index (χ0n) is 16.9. The number of imidazole rings is 1. The molecule has 1 fully saturated rings. The molecule has 6 nitrogen and oxygen atoms in total. The van der Waals surface area contributed by atoms with Crippen molar-refractivity contribution in [3.05, 3.63) is 41.3 Å². The predicted molar refractivity (Wildman–Crippen MR) is 115 cm³/mol. The van der Waals surface area contributed by atoms with Crippen LogP contribution in [0.2, 0.25) is 5.15 Å². The van der Waals surface area contributed by atoms with E-state index in [2.05, 4.69) is 40.3 Å². The molecule has 1 aromatic carbocycles. The molecule has 1 saturated heterocycles. The molecule has 2 aromatic heterocycles. The molecule has 1 aliphatic heterocycles. The second-order valence-corrected chi connectivity index (χ2v) is 10.3. The second kappa shape index (κ2) is 8.13. The highest BCUT2D eigenvalue weighted by atomic mass is 35.5. The van der Waals surface area contributed by atoms with Crippen molar-refractivity contribution < 1.29 is 8.95 Å². The van der Waals surface area contributed by atoms with Gasteiger partial charge in [-0.05, 0) is 36.2 Å². The first-order chi connectivity index (χ1) is 13.8. The molecule has 0 saturated carbocycles. The van der Waals surface area contributed by atoms with Gasteiger partial charge in [0.2, 0.25) is 0 Å². The minimum atomic E-state index is -1.43. The second-order valence-electron chi connectivity index (χ2n) is 8.52. The minimum Gasteiger partial charge on any atom is -0.434 e. The molecule has 3 heterocycles. The molecule has 1 aliphatic rings. The Balaban J connectivity index is 1.73. The van der Waals surface area contributed by atoms with Crippen molar-refractivity contribution in [3.63, 3.8) is 0 Å². The van der Waals surface area contributed by atoms with Crippen LogP contribution in [0.1, 0.15) is 39.4 Å². The van der Waals surface area contributed by atoms with E-state index in [1.165, 1.54) is 0 Å². The highest BCUT2D eigenvalue weighted by Gasteiger charge is 2.26. The summed E-state index contributed by atoms with van der Waals surface area (Å²) in [7, 11) is -1.43. The van der Waals surface area contributed by atoms with E-state index >= 15 is 0 Å². The van der Waals surface area contributed by atoms with Crippen molar-refractivity contribution in [1.29, 1.82) is 0 Å². The number of ether oxygens (including phenoxy) is 1. The molecule has 3 aromatic rings. The lowest BCUT2D eigenvalue weighted by molar-refractivity contribution is -0.0810. The molecule has 0 aliphatic carbocycles. The summed E-state index contributed by atoms with van der Waals surface area (Å²) in [5.74, 6) is 1.67. The van der Waals surface area contributed by atoms with E-state index in [9.17, 15) is 4.21 Å². The number of fused-ring (bicyclic) bond motifs is 1. The van der Waals surface area contributed by atoms with Gasteiger partial charge in [-0.3, -0.25) is 0 Å². The molecule has 154 valence electrons. The summed E-state index contributed by atoms with van der Waals surface area (Å²) < 4.78 is 19.8. The van der Waals surface area contributed by atoms with Crippen molar-refractivity contribution in [2.45, 2.75) is 55.5 Å². The zero-order chi connectivity index (χ0) is 20.6. The van der Waals surface area contributed by atoms with Crippen molar-refractivity contribution in [2.75, 3.05) is 13.2 Å². The van der Waals surface area contributed by atoms with E-state index in [-0.39, 0.29) is 10.6 Å². The quantitative estimate of drug-likeness (QED) is 0.585. The number of aromatic nitrogens is 4. The fraction of sp³-hybridized carbons (Fsp3) is 0.476. The Bertz CT molecular complexity index is 1040. The number of benzene rings is 1. The topological polar surface area (TPSA) is 73.5 Å². The summed E-state index contributed by atoms with van der Waals surface area (Å²) in [6.45, 7) is 9.40. The Hall–Kier alpha value is -1.83. The van der Waals surface area contributed by atoms with Crippen molar-refractivity contribution in [3.8, 4) is 0 Å². The van der Waals surface area contributed by atoms with Gasteiger partial charge in [-0.2, -0.15) is 0 Å². The van der Waals surface area contributed by atoms with Gasteiger partial charge in [0.25, 0.3) is 0 Å². The lowest BCUT2D eigenvalue weighted by atomic mass is 9.94. The summed E-state index contributed by atoms with van der Waals surface area (Å²) in [5, 5.41) is 8.42. The van der Waals surface area contributed by atoms with Gasteiger partial charge in [0, 0.05) is 29.7 Å². The first-order valence-electron chi connectivity index (χ1n) is 9.88. The number of rotatable bonds is 4. The first kappa shape index (κ1) is 20.4. The molecule has 4 rings (SSSR count). The van der Waals surface area contributed by atoms with Gasteiger partial charge in [0.05, 0.1) is 11.0 Å². The van der Waals surface area contributed by atoms with Crippen LogP contribution in [0.25, 0.3) is 11.0 Å². The standard InChI is InChI=1S/C21H25ClN4O2S/c1-21(2,3)20-23-16-12-15(29(27)19-7-6-18(22)24-25-19)4-5-17(16)26(20)13-14-8-10-28-11-9-14/h4-7,12,14H,8-11,13H2,1-3H3/p+1. The van der Waals surface area contributed by atoms with E-state index in [0.717, 1.165) is 49.5 Å². The Morgan fingerprint density at radius 2 is 1.93 bits per heavy atom. The summed E-state index contributed by atoms with van der Waals surface area (Å²) in [6, 6.07) is 9.08. The van der Waals surface area contributed by atoms with Gasteiger partial charge >= 0.3 is 0 Å². The normalized spacial score (nSPS) is 17.0. The van der Waals surface area contributed by atoms with Gasteiger partial charge in [0.1, 0.15) is 29.8 Å². The SMILES string of the molecule is CC(C)(C)c1nc2cc(S(=O)c3ccc(Cl)nn3)ccc2n1CC1CC[OH+]CC1. The van der Waals surface area contributed by atoms with Crippen molar-refractivity contribution in [2.24, 2.45) is 5.92 Å². The average Bonchev–Trinajstić information content (AvgIpc) is 3.07. The van der Waals surface area contributed by atoms with E-state index in [1.54, 1.807) is 12.1 Å². The maximum absolute atomic E-state index is 12.9. The summed E-state index contributed by atoms with van der Waals surface area (Å²) in [4.78, 5) is 5.61. The van der Waals surface area contributed by atoms with E-state index < -0.39 is 10.8 Å². The molecular formula is C21H26ClN4O2S+. The van der Waals surface area contributed by atoms with Crippen LogP contribution in [-0.2, 0) is 22.8 Å². The van der Waals surface area contributed by atoms with Gasteiger partial charge in [-0.1, -0.05) is 32.4 Å². The number of halogens is 1. The minimum absolute atomic E-state index is 0.0843. The lowest BCUT2D eigenvalue weighted by Crippen LogP contribution is -2.26. The monoisotopic (exact) mass is 433 g/mol. The van der Waals surface area contributed by atoms with Crippen LogP contribution < -0.4 is 0 Å². The Morgan fingerprint density at radius 1 is 1.17 bits per heavy atom. The zero-order valence-corrected chi connectivity index (χ0v) is 18.5. The maximum Gasteiger partial charge on any atom is 0.154 e. The van der Waals surface area contributed by atoms with E-state index in [0.29, 0.717) is 15.8 Å². The van der Waals surface area contributed by atoms with Crippen molar-refractivity contribution >= 4 is 33.4 Å². The lowest BCUT2D eigenvalue weighted by Gasteiger charge is -2.25. The molecular weight excluding hydrogens is 408 g/mol. The van der Waals surface area contributed by atoms with Crippen LogP contribution in [0.15, 0.2) is 40.3 Å². The third-order valence-electron chi connectivity index (χ3n) is 5.23. The van der Waals surface area contributed by atoms with E-state index in [1.807, 2.05) is 18.2 Å². The molecule has 29 heavy (non-hydrogen) atoms. The molecule has 1 N–H and O–H groups in total. The molecule has 0 spiro atoms. The molecule has 1 unspecified atom stereocenters. The fourth-order valence-corrected chi connectivity index (χ4v) is 4.81. The molecule has 0 amide bonds. The smallest absolute Gasteiger partial charge is 0.154 e. The Kier molecular flexibility index (Phi) is 5.73. The van der Waals surface area contributed by atoms with Crippen LogP contribution in [0.3, 0.4) is 0 Å². The summed E-state index contributed by atoms with van der Waals surface area (Å²) in [6.07, 6.45) is 2.25. The van der Waals surface area contributed by atoms with Gasteiger partial charge in [0.15, 0.2) is 10.2 Å².